The third kappa shape index (κ3) is 11.6. The first-order chi connectivity index (χ1) is 35.0. The summed E-state index contributed by atoms with van der Waals surface area (Å²) in [5.74, 6) is -0.585. The first-order valence-corrected chi connectivity index (χ1v) is 23.4. The summed E-state index contributed by atoms with van der Waals surface area (Å²) in [6, 6.07) is 22.7. The van der Waals surface area contributed by atoms with Gasteiger partial charge in [-0.25, -0.2) is 9.59 Å². The lowest BCUT2D eigenvalue weighted by Crippen LogP contribution is -2.47. The Morgan fingerprint density at radius 3 is 1.29 bits per heavy atom. The van der Waals surface area contributed by atoms with Crippen molar-refractivity contribution in [2.45, 2.75) is 84.0 Å². The number of fused-ring (bicyclic) bond motifs is 2. The molecule has 0 radical (unpaired) electrons. The molecule has 0 spiro atoms. The molecule has 0 unspecified atom stereocenters. The van der Waals surface area contributed by atoms with Gasteiger partial charge in [0.25, 0.3) is 11.1 Å². The van der Waals surface area contributed by atoms with E-state index < -0.39 is 58.9 Å². The average molecular weight is 1090 g/mol. The van der Waals surface area contributed by atoms with Crippen LogP contribution in [0.2, 0.25) is 10.0 Å². The molecule has 0 amide bonds. The molecule has 75 heavy (non-hydrogen) atoms. The third-order valence-electron chi connectivity index (χ3n) is 12.5. The zero-order valence-corrected chi connectivity index (χ0v) is 40.6. The highest BCUT2D eigenvalue weighted by Crippen LogP contribution is 2.37. The fourth-order valence-electron chi connectivity index (χ4n) is 8.80. The molecule has 1 N–H and O–H groups in total. The zero-order chi connectivity index (χ0) is 53.0. The third-order valence-corrected chi connectivity index (χ3v) is 13.0. The van der Waals surface area contributed by atoms with Crippen molar-refractivity contribution >= 4 is 45.5 Å². The van der Waals surface area contributed by atoms with E-state index in [2.05, 4.69) is 26.4 Å². The standard InChI is InChI=1S/C25H22ClF3N4O4.C24H20ClF3N4O5.CH4/c1-14-10-17(11-14)33-22(34)20-21(31(2)24(33)35)30-23(32(20)13-15-6-8-16(26)9-7-15)36-18-4-3-5-19(12-18)37-25(27,28)29;1-30-20-19(21(34)32(23(30)35)15-9-16(33)10-15)31(12-13-5-7-14(25)8-6-13)22(29-20)36-17-3-2-4-18(11-17)37-24(26,27)28;/h3-9,12,14,17H,10-11,13H2,1-2H3;2-8,11,15-16,33H,9-10,12H2,1H3;1H4. The minimum absolute atomic E-state index is 0. The summed E-state index contributed by atoms with van der Waals surface area (Å²) in [7, 11) is 2.97. The topological polar surface area (TPSA) is 181 Å². The molecule has 8 aromatic rings. The van der Waals surface area contributed by atoms with Crippen molar-refractivity contribution in [3.05, 3.63) is 160 Å². The highest BCUT2D eigenvalue weighted by molar-refractivity contribution is 6.30. The predicted octanol–water partition coefficient (Wildman–Crippen LogP) is 9.88. The van der Waals surface area contributed by atoms with E-state index in [0.717, 1.165) is 40.0 Å². The molecule has 2 fully saturated rings. The quantitative estimate of drug-likeness (QED) is 0.115. The number of imidazole rings is 2. The van der Waals surface area contributed by atoms with Gasteiger partial charge in [0.15, 0.2) is 22.3 Å². The summed E-state index contributed by atoms with van der Waals surface area (Å²) in [5, 5.41) is 10.8. The SMILES string of the molecule is C.CC1CC(n2c(=O)c3c(nc(Oc4cccc(OC(F)(F)F)c4)n3Cc3ccc(Cl)cc3)n(C)c2=O)C1.Cn1c(=O)n(C2CC(O)C2)c(=O)c2c1nc(Oc1cccc(OC(F)(F)F)c1)n2Cc1ccc(Cl)cc1. The monoisotopic (exact) mass is 1090 g/mol. The van der Waals surface area contributed by atoms with Gasteiger partial charge < -0.3 is 24.1 Å². The number of aryl methyl sites for hydroxylation is 2. The Balaban J connectivity index is 0.000000197. The number of aromatic nitrogens is 8. The molecule has 4 aromatic carbocycles. The normalized spacial score (nSPS) is 17.3. The highest BCUT2D eigenvalue weighted by Gasteiger charge is 2.36. The van der Waals surface area contributed by atoms with Gasteiger partial charge in [-0.05, 0) is 91.3 Å². The number of rotatable bonds is 12. The van der Waals surface area contributed by atoms with Crippen LogP contribution in [-0.4, -0.2) is 61.3 Å². The molecule has 10 rings (SSSR count). The molecule has 0 aliphatic heterocycles. The van der Waals surface area contributed by atoms with Gasteiger partial charge in [-0.2, -0.15) is 9.97 Å². The first-order valence-electron chi connectivity index (χ1n) is 22.7. The highest BCUT2D eigenvalue weighted by atomic mass is 35.5. The summed E-state index contributed by atoms with van der Waals surface area (Å²) in [4.78, 5) is 62.1. The number of benzene rings is 4. The predicted molar refractivity (Wildman–Crippen MR) is 264 cm³/mol. The van der Waals surface area contributed by atoms with Crippen LogP contribution >= 0.6 is 23.2 Å². The van der Waals surface area contributed by atoms with E-state index in [1.54, 1.807) is 48.5 Å². The Morgan fingerprint density at radius 1 is 0.587 bits per heavy atom. The van der Waals surface area contributed by atoms with E-state index >= 15 is 0 Å². The van der Waals surface area contributed by atoms with E-state index in [1.807, 2.05) is 0 Å². The Bertz CT molecular complexity index is 3410. The maximum atomic E-state index is 13.7. The number of hydrogen-bond donors (Lipinski definition) is 1. The Kier molecular flexibility index (Phi) is 15.1. The molecule has 2 aliphatic carbocycles. The number of aliphatic hydroxyl groups is 1. The molecular formula is C50H46Cl2F6N8O9. The molecule has 0 saturated heterocycles. The van der Waals surface area contributed by atoms with Crippen LogP contribution in [0.15, 0.2) is 116 Å². The molecule has 4 aromatic heterocycles. The van der Waals surface area contributed by atoms with E-state index in [-0.39, 0.29) is 85.2 Å². The smallest absolute Gasteiger partial charge is 0.425 e. The number of ether oxygens (including phenoxy) is 4. The van der Waals surface area contributed by atoms with Gasteiger partial charge in [0.2, 0.25) is 0 Å². The molecule has 25 heteroatoms. The van der Waals surface area contributed by atoms with Gasteiger partial charge in [-0.15, -0.1) is 26.3 Å². The summed E-state index contributed by atoms with van der Waals surface area (Å²) in [6.45, 7) is 2.27. The van der Waals surface area contributed by atoms with Crippen molar-refractivity contribution in [2.24, 2.45) is 20.0 Å². The van der Waals surface area contributed by atoms with E-state index in [4.69, 9.17) is 32.7 Å². The van der Waals surface area contributed by atoms with Crippen molar-refractivity contribution in [1.82, 2.24) is 37.4 Å². The maximum Gasteiger partial charge on any atom is 0.573 e. The molecule has 0 bridgehead atoms. The average Bonchev–Trinajstić information content (AvgIpc) is 3.84. The molecule has 2 aliphatic rings. The Morgan fingerprint density at radius 2 is 0.947 bits per heavy atom. The largest absolute Gasteiger partial charge is 0.573 e. The lowest BCUT2D eigenvalue weighted by molar-refractivity contribution is -0.275. The Hall–Kier alpha value is -7.50. The molecule has 17 nitrogen and oxygen atoms in total. The molecule has 2 saturated carbocycles. The van der Waals surface area contributed by atoms with Crippen molar-refractivity contribution in [3.63, 3.8) is 0 Å². The lowest BCUT2D eigenvalue weighted by Gasteiger charge is -2.33. The molecule has 396 valence electrons. The fraction of sp³-hybridized carbons (Fsp3) is 0.320. The molecular weight excluding hydrogens is 1040 g/mol. The Labute approximate surface area is 430 Å². The maximum absolute atomic E-state index is 13.7. The van der Waals surface area contributed by atoms with Gasteiger partial charge in [-0.3, -0.25) is 37.0 Å². The van der Waals surface area contributed by atoms with Crippen molar-refractivity contribution in [2.75, 3.05) is 0 Å². The summed E-state index contributed by atoms with van der Waals surface area (Å²) in [5.41, 5.74) is -0.355. The number of hydrogen-bond acceptors (Lipinski definition) is 11. The van der Waals surface area contributed by atoms with Crippen LogP contribution in [0.3, 0.4) is 0 Å². The van der Waals surface area contributed by atoms with Crippen LogP contribution < -0.4 is 41.4 Å². The molecule has 0 atom stereocenters. The van der Waals surface area contributed by atoms with Crippen molar-refractivity contribution < 1.29 is 50.4 Å². The van der Waals surface area contributed by atoms with Gasteiger partial charge in [0.1, 0.15) is 23.0 Å². The van der Waals surface area contributed by atoms with E-state index in [0.29, 0.717) is 28.8 Å². The first kappa shape index (κ1) is 53.8. The van der Waals surface area contributed by atoms with Gasteiger partial charge in [-0.1, -0.05) is 74.0 Å². The lowest BCUT2D eigenvalue weighted by atomic mass is 9.82. The van der Waals surface area contributed by atoms with E-state index in [1.165, 1.54) is 61.2 Å². The van der Waals surface area contributed by atoms with Crippen LogP contribution in [0, 0.1) is 5.92 Å². The number of nitrogens with zero attached hydrogens (tertiary/aromatic N) is 8. The van der Waals surface area contributed by atoms with Crippen molar-refractivity contribution in [1.29, 1.82) is 0 Å². The number of alkyl halides is 6. The second kappa shape index (κ2) is 21.0. The number of aliphatic hydroxyl groups excluding tert-OH is 1. The summed E-state index contributed by atoms with van der Waals surface area (Å²) >= 11 is 12.0. The van der Waals surface area contributed by atoms with Crippen LogP contribution in [0.4, 0.5) is 26.3 Å². The van der Waals surface area contributed by atoms with Crippen molar-refractivity contribution in [3.8, 4) is 35.0 Å². The van der Waals surface area contributed by atoms with Gasteiger partial charge in [0, 0.05) is 48.4 Å². The summed E-state index contributed by atoms with van der Waals surface area (Å²) in [6.07, 6.45) is -8.41. The minimum Gasteiger partial charge on any atom is -0.425 e. The second-order valence-corrected chi connectivity index (χ2v) is 18.7. The second-order valence-electron chi connectivity index (χ2n) is 17.9. The fourth-order valence-corrected chi connectivity index (χ4v) is 9.05. The molecule has 4 heterocycles. The minimum atomic E-state index is -4.89. The van der Waals surface area contributed by atoms with Gasteiger partial charge in [0.05, 0.1) is 19.2 Å². The van der Waals surface area contributed by atoms with E-state index in [9.17, 15) is 50.6 Å². The van der Waals surface area contributed by atoms with Crippen LogP contribution in [0.1, 0.15) is 63.2 Å². The van der Waals surface area contributed by atoms with Crippen LogP contribution in [0.5, 0.6) is 35.0 Å². The van der Waals surface area contributed by atoms with Crippen LogP contribution in [-0.2, 0) is 27.2 Å². The summed E-state index contributed by atoms with van der Waals surface area (Å²) < 4.78 is 104. The number of halogens is 8. The van der Waals surface area contributed by atoms with Crippen LogP contribution in [0.25, 0.3) is 22.3 Å². The van der Waals surface area contributed by atoms with Gasteiger partial charge >= 0.3 is 36.1 Å². The zero-order valence-electron chi connectivity index (χ0n) is 39.1.